The number of piperidine rings is 1. The molecule has 1 atom stereocenters. The second-order valence-electron chi connectivity index (χ2n) is 8.28. The summed E-state index contributed by atoms with van der Waals surface area (Å²) in [4.78, 5) is 17.2. The molecule has 0 saturated carbocycles. The molecule has 2 aromatic carbocycles. The Bertz CT molecular complexity index is 980. The van der Waals surface area contributed by atoms with Gasteiger partial charge in [0.1, 0.15) is 6.61 Å². The summed E-state index contributed by atoms with van der Waals surface area (Å²) in [6, 6.07) is 10.2. The highest BCUT2D eigenvalue weighted by atomic mass is 35.5. The van der Waals surface area contributed by atoms with Gasteiger partial charge >= 0.3 is 0 Å². The Kier molecular flexibility index (Phi) is 7.15. The van der Waals surface area contributed by atoms with Crippen LogP contribution in [0.5, 0.6) is 11.5 Å². The van der Waals surface area contributed by atoms with E-state index in [2.05, 4.69) is 4.90 Å². The number of anilines is 1. The first-order valence-corrected chi connectivity index (χ1v) is 11.7. The maximum Gasteiger partial charge on any atom is 0.263 e. The molecule has 1 amide bonds. The number of benzene rings is 2. The largest absolute Gasteiger partial charge is 0.493 e. The summed E-state index contributed by atoms with van der Waals surface area (Å²) in [5.41, 5.74) is -0.561. The summed E-state index contributed by atoms with van der Waals surface area (Å²) in [5, 5.41) is 11.9. The molecule has 0 radical (unpaired) electrons. The van der Waals surface area contributed by atoms with Crippen molar-refractivity contribution in [3.8, 4) is 11.5 Å². The number of amides is 1. The standard InChI is InChI=1S/C24H28Cl2N2O4/c1-31-21-8-6-18(16-22(21)32-14-13-27-10-3-2-4-11-27)28-12-9-24(30,23(28)29)17-5-7-19(25)20(26)15-17/h5-8,15-16,30H,2-4,9-14H2,1H3. The Morgan fingerprint density at radius 3 is 2.50 bits per heavy atom. The molecule has 2 heterocycles. The van der Waals surface area contributed by atoms with E-state index in [4.69, 9.17) is 32.7 Å². The third kappa shape index (κ3) is 4.69. The molecule has 0 bridgehead atoms. The fraction of sp³-hybridized carbons (Fsp3) is 0.458. The second-order valence-corrected chi connectivity index (χ2v) is 9.10. The molecule has 0 aliphatic carbocycles. The van der Waals surface area contributed by atoms with E-state index in [1.807, 2.05) is 0 Å². The average Bonchev–Trinajstić information content (AvgIpc) is 3.11. The molecule has 32 heavy (non-hydrogen) atoms. The molecule has 2 aromatic rings. The summed E-state index contributed by atoms with van der Waals surface area (Å²) in [5.74, 6) is 0.791. The zero-order valence-electron chi connectivity index (χ0n) is 18.2. The number of aliphatic hydroxyl groups is 1. The zero-order chi connectivity index (χ0) is 22.7. The fourth-order valence-electron chi connectivity index (χ4n) is 4.39. The molecule has 0 spiro atoms. The zero-order valence-corrected chi connectivity index (χ0v) is 19.7. The number of halogens is 2. The number of nitrogens with zero attached hydrogens (tertiary/aromatic N) is 2. The molecule has 2 aliphatic heterocycles. The van der Waals surface area contributed by atoms with Crippen molar-refractivity contribution < 1.29 is 19.4 Å². The van der Waals surface area contributed by atoms with Crippen LogP contribution in [-0.2, 0) is 10.4 Å². The molecule has 8 heteroatoms. The Labute approximate surface area is 198 Å². The molecule has 6 nitrogen and oxygen atoms in total. The van der Waals surface area contributed by atoms with E-state index >= 15 is 0 Å². The van der Waals surface area contributed by atoms with Gasteiger partial charge in [0.2, 0.25) is 0 Å². The number of methoxy groups -OCH3 is 1. The highest BCUT2D eigenvalue weighted by molar-refractivity contribution is 6.42. The molecule has 2 saturated heterocycles. The van der Waals surface area contributed by atoms with Crippen LogP contribution in [0.3, 0.4) is 0 Å². The Morgan fingerprint density at radius 1 is 1.00 bits per heavy atom. The van der Waals surface area contributed by atoms with Crippen molar-refractivity contribution in [1.29, 1.82) is 0 Å². The van der Waals surface area contributed by atoms with Crippen molar-refractivity contribution in [1.82, 2.24) is 4.90 Å². The average molecular weight is 479 g/mol. The third-order valence-electron chi connectivity index (χ3n) is 6.27. The molecular weight excluding hydrogens is 451 g/mol. The smallest absolute Gasteiger partial charge is 0.263 e. The first kappa shape index (κ1) is 23.2. The van der Waals surface area contributed by atoms with Gasteiger partial charge in [-0.1, -0.05) is 35.7 Å². The van der Waals surface area contributed by atoms with Gasteiger partial charge in [0, 0.05) is 31.3 Å². The van der Waals surface area contributed by atoms with Gasteiger partial charge in [0.25, 0.3) is 5.91 Å². The van der Waals surface area contributed by atoms with Gasteiger partial charge in [0.15, 0.2) is 17.1 Å². The summed E-state index contributed by atoms with van der Waals surface area (Å²) in [7, 11) is 1.59. The van der Waals surface area contributed by atoms with Crippen LogP contribution >= 0.6 is 23.2 Å². The molecule has 1 N–H and O–H groups in total. The van der Waals surface area contributed by atoms with E-state index in [0.717, 1.165) is 19.6 Å². The van der Waals surface area contributed by atoms with Crippen molar-refractivity contribution in [2.24, 2.45) is 0 Å². The summed E-state index contributed by atoms with van der Waals surface area (Å²) >= 11 is 12.1. The first-order valence-electron chi connectivity index (χ1n) is 11.0. The summed E-state index contributed by atoms with van der Waals surface area (Å²) < 4.78 is 11.5. The van der Waals surface area contributed by atoms with Crippen molar-refractivity contribution in [3.63, 3.8) is 0 Å². The predicted octanol–water partition coefficient (Wildman–Crippen LogP) is 4.49. The minimum absolute atomic E-state index is 0.251. The number of carbonyl (C=O) groups is 1. The van der Waals surface area contributed by atoms with Crippen LogP contribution in [0.25, 0.3) is 0 Å². The minimum atomic E-state index is -1.65. The van der Waals surface area contributed by atoms with Crippen LogP contribution in [0.2, 0.25) is 10.0 Å². The van der Waals surface area contributed by atoms with Crippen molar-refractivity contribution >= 4 is 34.8 Å². The van der Waals surface area contributed by atoms with Crippen LogP contribution in [0.1, 0.15) is 31.2 Å². The van der Waals surface area contributed by atoms with Gasteiger partial charge in [-0.05, 0) is 55.8 Å². The van der Waals surface area contributed by atoms with Gasteiger partial charge in [0.05, 0.1) is 17.2 Å². The normalized spacial score (nSPS) is 21.8. The van der Waals surface area contributed by atoms with Crippen LogP contribution in [0, 0.1) is 0 Å². The predicted molar refractivity (Wildman–Crippen MR) is 126 cm³/mol. The maximum absolute atomic E-state index is 13.2. The van der Waals surface area contributed by atoms with Crippen molar-refractivity contribution in [3.05, 3.63) is 52.0 Å². The van der Waals surface area contributed by atoms with Gasteiger partial charge in [-0.3, -0.25) is 9.69 Å². The first-order chi connectivity index (χ1) is 15.4. The van der Waals surface area contributed by atoms with Crippen molar-refractivity contribution in [2.45, 2.75) is 31.3 Å². The van der Waals surface area contributed by atoms with E-state index in [1.54, 1.807) is 48.4 Å². The van der Waals surface area contributed by atoms with Crippen LogP contribution in [0.15, 0.2) is 36.4 Å². The highest BCUT2D eigenvalue weighted by Gasteiger charge is 2.47. The van der Waals surface area contributed by atoms with E-state index in [0.29, 0.717) is 45.9 Å². The second kappa shape index (κ2) is 9.87. The van der Waals surface area contributed by atoms with Crippen LogP contribution < -0.4 is 14.4 Å². The summed E-state index contributed by atoms with van der Waals surface area (Å²) in [6.45, 7) is 3.98. The number of likely N-dealkylation sites (tertiary alicyclic amines) is 1. The topological polar surface area (TPSA) is 62.2 Å². The molecule has 4 rings (SSSR count). The molecule has 0 aromatic heterocycles. The van der Waals surface area contributed by atoms with Gasteiger partial charge in [-0.25, -0.2) is 0 Å². The third-order valence-corrected chi connectivity index (χ3v) is 7.01. The summed E-state index contributed by atoms with van der Waals surface area (Å²) in [6.07, 6.45) is 4.02. The van der Waals surface area contributed by atoms with Gasteiger partial charge in [-0.2, -0.15) is 0 Å². The molecule has 172 valence electrons. The van der Waals surface area contributed by atoms with Crippen LogP contribution in [0.4, 0.5) is 5.69 Å². The van der Waals surface area contributed by atoms with E-state index in [9.17, 15) is 9.90 Å². The quantitative estimate of drug-likeness (QED) is 0.634. The number of rotatable bonds is 7. The lowest BCUT2D eigenvalue weighted by atomic mass is 9.92. The lowest BCUT2D eigenvalue weighted by Gasteiger charge is -2.26. The van der Waals surface area contributed by atoms with Gasteiger partial charge in [-0.15, -0.1) is 0 Å². The fourth-order valence-corrected chi connectivity index (χ4v) is 4.68. The SMILES string of the molecule is COc1ccc(N2CCC(O)(c3ccc(Cl)c(Cl)c3)C2=O)cc1OCCN1CCCCC1. The molecule has 1 unspecified atom stereocenters. The molecule has 2 aliphatic rings. The lowest BCUT2D eigenvalue weighted by Crippen LogP contribution is -2.37. The van der Waals surface area contributed by atoms with E-state index in [-0.39, 0.29) is 6.42 Å². The monoisotopic (exact) mass is 478 g/mol. The Morgan fingerprint density at radius 2 is 1.78 bits per heavy atom. The lowest BCUT2D eigenvalue weighted by molar-refractivity contribution is -0.133. The minimum Gasteiger partial charge on any atom is -0.493 e. The highest BCUT2D eigenvalue weighted by Crippen LogP contribution is 2.40. The maximum atomic E-state index is 13.2. The number of ether oxygens (including phenoxy) is 2. The molecule has 2 fully saturated rings. The number of hydrogen-bond donors (Lipinski definition) is 1. The van der Waals surface area contributed by atoms with E-state index in [1.165, 1.54) is 19.3 Å². The number of hydrogen-bond acceptors (Lipinski definition) is 5. The van der Waals surface area contributed by atoms with E-state index < -0.39 is 11.5 Å². The van der Waals surface area contributed by atoms with Gasteiger partial charge < -0.3 is 19.5 Å². The molecular formula is C24H28Cl2N2O4. The Hall–Kier alpha value is -1.99. The van der Waals surface area contributed by atoms with Crippen molar-refractivity contribution in [2.75, 3.05) is 44.8 Å². The number of carbonyl (C=O) groups excluding carboxylic acids is 1. The Balaban J connectivity index is 1.49. The van der Waals surface area contributed by atoms with Crippen LogP contribution in [-0.4, -0.2) is 55.8 Å².